The zero-order chi connectivity index (χ0) is 16.1. The zero-order valence-corrected chi connectivity index (χ0v) is 13.9. The Morgan fingerprint density at radius 3 is 2.83 bits per heavy atom. The summed E-state index contributed by atoms with van der Waals surface area (Å²) in [6, 6.07) is 7.60. The molecule has 0 aliphatic heterocycles. The largest absolute Gasteiger partial charge is 0.392 e. The van der Waals surface area contributed by atoms with E-state index in [0.29, 0.717) is 11.6 Å². The fourth-order valence-corrected chi connectivity index (χ4v) is 3.95. The summed E-state index contributed by atoms with van der Waals surface area (Å²) < 4.78 is 0. The number of nitrogens with zero attached hydrogens (tertiary/aromatic N) is 1. The number of hydrogen-bond donors (Lipinski definition) is 2. The highest BCUT2D eigenvalue weighted by Gasteiger charge is 2.17. The van der Waals surface area contributed by atoms with Crippen LogP contribution in [0.25, 0.3) is 10.6 Å². The lowest BCUT2D eigenvalue weighted by Gasteiger charge is -2.21. The van der Waals surface area contributed by atoms with Gasteiger partial charge in [0.05, 0.1) is 6.61 Å². The second-order valence-electron chi connectivity index (χ2n) is 6.07. The van der Waals surface area contributed by atoms with Gasteiger partial charge in [0, 0.05) is 17.5 Å². The molecule has 1 aromatic heterocycles. The van der Waals surface area contributed by atoms with E-state index in [1.807, 2.05) is 24.3 Å². The highest BCUT2D eigenvalue weighted by atomic mass is 32.1. The number of amides is 1. The Bertz CT molecular complexity index is 663. The molecule has 1 heterocycles. The summed E-state index contributed by atoms with van der Waals surface area (Å²) in [4.78, 5) is 16.7. The fourth-order valence-electron chi connectivity index (χ4n) is 3.09. The number of rotatable bonds is 5. The summed E-state index contributed by atoms with van der Waals surface area (Å²) in [6.45, 7) is 0.720. The Hall–Kier alpha value is -1.72. The SMILES string of the molecule is O=C(NCC1CCCCC1)c1csc(-c2ccccc2CO)n1. The van der Waals surface area contributed by atoms with Gasteiger partial charge >= 0.3 is 0 Å². The Morgan fingerprint density at radius 2 is 2.04 bits per heavy atom. The van der Waals surface area contributed by atoms with Gasteiger partial charge in [-0.3, -0.25) is 4.79 Å². The minimum Gasteiger partial charge on any atom is -0.392 e. The second-order valence-corrected chi connectivity index (χ2v) is 6.93. The van der Waals surface area contributed by atoms with Crippen LogP contribution in [0.4, 0.5) is 0 Å². The van der Waals surface area contributed by atoms with Crippen LogP contribution in [0.1, 0.15) is 48.2 Å². The monoisotopic (exact) mass is 330 g/mol. The van der Waals surface area contributed by atoms with Crippen LogP contribution >= 0.6 is 11.3 Å². The predicted molar refractivity (Wildman–Crippen MR) is 92.4 cm³/mol. The van der Waals surface area contributed by atoms with Crippen molar-refractivity contribution < 1.29 is 9.90 Å². The molecule has 1 aliphatic carbocycles. The van der Waals surface area contributed by atoms with Crippen molar-refractivity contribution in [3.05, 3.63) is 40.9 Å². The molecule has 1 aliphatic rings. The molecule has 3 rings (SSSR count). The van der Waals surface area contributed by atoms with Gasteiger partial charge < -0.3 is 10.4 Å². The molecule has 1 aromatic carbocycles. The molecule has 0 radical (unpaired) electrons. The first kappa shape index (κ1) is 16.1. The Balaban J connectivity index is 1.65. The van der Waals surface area contributed by atoms with Gasteiger partial charge in [0.2, 0.25) is 0 Å². The lowest BCUT2D eigenvalue weighted by molar-refractivity contribution is 0.0939. The minimum atomic E-state index is -0.0976. The van der Waals surface area contributed by atoms with Crippen LogP contribution in [0.15, 0.2) is 29.6 Å². The molecule has 0 unspecified atom stereocenters. The lowest BCUT2D eigenvalue weighted by atomic mass is 9.89. The quantitative estimate of drug-likeness (QED) is 0.880. The van der Waals surface area contributed by atoms with E-state index in [1.165, 1.54) is 43.4 Å². The number of hydrogen-bond acceptors (Lipinski definition) is 4. The first-order valence-electron chi connectivity index (χ1n) is 8.21. The molecule has 1 saturated carbocycles. The lowest BCUT2D eigenvalue weighted by Crippen LogP contribution is -2.30. The van der Waals surface area contributed by atoms with Gasteiger partial charge in [-0.1, -0.05) is 43.5 Å². The first-order chi connectivity index (χ1) is 11.3. The van der Waals surface area contributed by atoms with Gasteiger partial charge in [0.1, 0.15) is 10.7 Å². The number of thiazole rings is 1. The molecule has 23 heavy (non-hydrogen) atoms. The summed E-state index contributed by atoms with van der Waals surface area (Å²) in [7, 11) is 0. The van der Waals surface area contributed by atoms with Gasteiger partial charge in [0.15, 0.2) is 0 Å². The molecule has 4 nitrogen and oxygen atoms in total. The third kappa shape index (κ3) is 3.98. The Labute approximate surface area is 140 Å². The van der Waals surface area contributed by atoms with Crippen LogP contribution in [-0.4, -0.2) is 22.5 Å². The number of benzene rings is 1. The van der Waals surface area contributed by atoms with E-state index in [2.05, 4.69) is 10.3 Å². The van der Waals surface area contributed by atoms with Gasteiger partial charge in [0.25, 0.3) is 5.91 Å². The molecule has 2 N–H and O–H groups in total. The maximum atomic E-state index is 12.3. The van der Waals surface area contributed by atoms with Crippen LogP contribution in [0.5, 0.6) is 0 Å². The van der Waals surface area contributed by atoms with Gasteiger partial charge in [-0.25, -0.2) is 4.98 Å². The van der Waals surface area contributed by atoms with E-state index < -0.39 is 0 Å². The predicted octanol–water partition coefficient (Wildman–Crippen LogP) is 3.61. The van der Waals surface area contributed by atoms with Crippen LogP contribution in [0.3, 0.4) is 0 Å². The van der Waals surface area contributed by atoms with Crippen molar-refractivity contribution in [2.45, 2.75) is 38.7 Å². The summed E-state index contributed by atoms with van der Waals surface area (Å²) >= 11 is 1.44. The van der Waals surface area contributed by atoms with Crippen LogP contribution in [0.2, 0.25) is 0 Å². The van der Waals surface area contributed by atoms with Crippen molar-refractivity contribution in [2.24, 2.45) is 5.92 Å². The molecule has 2 aromatic rings. The average molecular weight is 330 g/mol. The van der Waals surface area contributed by atoms with E-state index in [1.54, 1.807) is 5.38 Å². The molecular weight excluding hydrogens is 308 g/mol. The third-order valence-corrected chi connectivity index (χ3v) is 5.31. The van der Waals surface area contributed by atoms with Gasteiger partial charge in [-0.2, -0.15) is 0 Å². The minimum absolute atomic E-state index is 0.0288. The van der Waals surface area contributed by atoms with Crippen LogP contribution in [-0.2, 0) is 6.61 Å². The topological polar surface area (TPSA) is 62.2 Å². The summed E-state index contributed by atoms with van der Waals surface area (Å²) in [5.41, 5.74) is 2.19. The van der Waals surface area contributed by atoms with Gasteiger partial charge in [-0.15, -0.1) is 11.3 Å². The number of carbonyl (C=O) groups excluding carboxylic acids is 1. The van der Waals surface area contributed by atoms with E-state index in [0.717, 1.165) is 22.7 Å². The van der Waals surface area contributed by atoms with E-state index >= 15 is 0 Å². The smallest absolute Gasteiger partial charge is 0.270 e. The van der Waals surface area contributed by atoms with E-state index in [4.69, 9.17) is 0 Å². The number of nitrogens with one attached hydrogen (secondary N) is 1. The number of aliphatic hydroxyl groups excluding tert-OH is 1. The highest BCUT2D eigenvalue weighted by molar-refractivity contribution is 7.13. The van der Waals surface area contributed by atoms with Crippen molar-refractivity contribution in [3.63, 3.8) is 0 Å². The third-order valence-electron chi connectivity index (χ3n) is 4.43. The fraction of sp³-hybridized carbons (Fsp3) is 0.444. The molecule has 0 atom stereocenters. The summed E-state index contributed by atoms with van der Waals surface area (Å²) in [6.07, 6.45) is 6.31. The molecular formula is C18H22N2O2S. The Kier molecular flexibility index (Phi) is 5.41. The van der Waals surface area contributed by atoms with Crippen LogP contribution in [0, 0.1) is 5.92 Å². The number of aromatic nitrogens is 1. The summed E-state index contributed by atoms with van der Waals surface area (Å²) in [5, 5.41) is 15.0. The molecule has 1 amide bonds. The van der Waals surface area contributed by atoms with E-state index in [-0.39, 0.29) is 12.5 Å². The van der Waals surface area contributed by atoms with Crippen molar-refractivity contribution in [1.82, 2.24) is 10.3 Å². The molecule has 0 bridgehead atoms. The molecule has 5 heteroatoms. The second kappa shape index (κ2) is 7.70. The zero-order valence-electron chi connectivity index (χ0n) is 13.1. The number of carbonyl (C=O) groups is 1. The maximum absolute atomic E-state index is 12.3. The van der Waals surface area contributed by atoms with Crippen molar-refractivity contribution >= 4 is 17.2 Å². The molecule has 0 saturated heterocycles. The van der Waals surface area contributed by atoms with Crippen molar-refractivity contribution in [3.8, 4) is 10.6 Å². The normalized spacial score (nSPS) is 15.5. The standard InChI is InChI=1S/C18H22N2O2S/c21-11-14-8-4-5-9-15(14)18-20-16(12-23-18)17(22)19-10-13-6-2-1-3-7-13/h4-5,8-9,12-13,21H,1-3,6-7,10-11H2,(H,19,22). The van der Waals surface area contributed by atoms with Gasteiger partial charge in [-0.05, 0) is 24.3 Å². The molecule has 1 fully saturated rings. The van der Waals surface area contributed by atoms with Crippen LogP contribution < -0.4 is 5.32 Å². The van der Waals surface area contributed by atoms with E-state index in [9.17, 15) is 9.90 Å². The summed E-state index contributed by atoms with van der Waals surface area (Å²) in [5.74, 6) is 0.514. The highest BCUT2D eigenvalue weighted by Crippen LogP contribution is 2.27. The average Bonchev–Trinajstić information content (AvgIpc) is 3.10. The first-order valence-corrected chi connectivity index (χ1v) is 9.08. The van der Waals surface area contributed by atoms with Crippen molar-refractivity contribution in [2.75, 3.05) is 6.54 Å². The van der Waals surface area contributed by atoms with Crippen molar-refractivity contribution in [1.29, 1.82) is 0 Å². The Morgan fingerprint density at radius 1 is 1.26 bits per heavy atom. The number of aliphatic hydroxyl groups is 1. The molecule has 122 valence electrons. The molecule has 0 spiro atoms. The maximum Gasteiger partial charge on any atom is 0.270 e.